The van der Waals surface area contributed by atoms with Crippen LogP contribution in [0.25, 0.3) is 0 Å². The average Bonchev–Trinajstić information content (AvgIpc) is 2.35. The highest BCUT2D eigenvalue weighted by atomic mass is 32.2. The molecule has 1 aromatic rings. The van der Waals surface area contributed by atoms with Crippen LogP contribution in [0.15, 0.2) is 23.1 Å². The first kappa shape index (κ1) is 15.9. The van der Waals surface area contributed by atoms with Gasteiger partial charge in [-0.25, -0.2) is 13.1 Å². The summed E-state index contributed by atoms with van der Waals surface area (Å²) in [6.07, 6.45) is -0.107. The van der Waals surface area contributed by atoms with Crippen LogP contribution in [0.4, 0.5) is 5.69 Å². The number of hydrogen-bond donors (Lipinski definition) is 3. The van der Waals surface area contributed by atoms with E-state index in [4.69, 9.17) is 5.73 Å². The lowest BCUT2D eigenvalue weighted by Gasteiger charge is -2.16. The number of nitrogens with one attached hydrogen (secondary N) is 1. The number of nitrogens with two attached hydrogens (primary N) is 1. The second kappa shape index (κ2) is 6.36. The predicted octanol–water partition coefficient (Wildman–Crippen LogP) is 1.13. The summed E-state index contributed by atoms with van der Waals surface area (Å²) in [6, 6.07) is 4.84. The maximum atomic E-state index is 12.2. The van der Waals surface area contributed by atoms with Crippen LogP contribution in [0.5, 0.6) is 0 Å². The summed E-state index contributed by atoms with van der Waals surface area (Å²) >= 11 is 0. The van der Waals surface area contributed by atoms with Crippen LogP contribution in [0.1, 0.15) is 26.3 Å². The molecule has 0 fully saturated rings. The molecule has 0 aliphatic carbocycles. The largest absolute Gasteiger partial charge is 0.399 e. The van der Waals surface area contributed by atoms with Gasteiger partial charge in [0, 0.05) is 12.2 Å². The number of rotatable bonds is 6. The molecular weight excluding hydrogens is 264 g/mol. The van der Waals surface area contributed by atoms with Gasteiger partial charge in [-0.05, 0) is 30.0 Å². The molecule has 0 spiro atoms. The zero-order chi connectivity index (χ0) is 14.6. The summed E-state index contributed by atoms with van der Waals surface area (Å²) in [4.78, 5) is 0.186. The molecule has 1 atom stereocenters. The minimum atomic E-state index is -3.64. The van der Waals surface area contributed by atoms with E-state index in [-0.39, 0.29) is 17.4 Å². The van der Waals surface area contributed by atoms with Gasteiger partial charge in [-0.15, -0.1) is 0 Å². The zero-order valence-corrected chi connectivity index (χ0v) is 12.4. The van der Waals surface area contributed by atoms with E-state index in [2.05, 4.69) is 4.72 Å². The lowest BCUT2D eigenvalue weighted by Crippen LogP contribution is -2.35. The maximum Gasteiger partial charge on any atom is 0.241 e. The van der Waals surface area contributed by atoms with Gasteiger partial charge in [-0.1, -0.05) is 26.8 Å². The molecule has 0 aromatic heterocycles. The van der Waals surface area contributed by atoms with Gasteiger partial charge in [-0.3, -0.25) is 0 Å². The summed E-state index contributed by atoms with van der Waals surface area (Å²) < 4.78 is 26.9. The van der Waals surface area contributed by atoms with Crippen LogP contribution < -0.4 is 10.5 Å². The summed E-state index contributed by atoms with van der Waals surface area (Å²) in [5.74, 6) is -0.00538. The molecule has 0 bridgehead atoms. The molecule has 19 heavy (non-hydrogen) atoms. The predicted molar refractivity (Wildman–Crippen MR) is 76.3 cm³/mol. The minimum absolute atomic E-state index is 0.00203. The average molecular weight is 286 g/mol. The van der Waals surface area contributed by atoms with Crippen molar-refractivity contribution in [2.24, 2.45) is 5.92 Å². The molecule has 0 aliphatic heterocycles. The smallest absolute Gasteiger partial charge is 0.241 e. The fourth-order valence-electron chi connectivity index (χ4n) is 1.62. The minimum Gasteiger partial charge on any atom is -0.399 e. The van der Waals surface area contributed by atoms with Gasteiger partial charge in [0.15, 0.2) is 0 Å². The summed E-state index contributed by atoms with van der Waals surface area (Å²) in [5, 5.41) is 9.67. The fraction of sp³-hybridized carbons (Fsp3) is 0.538. The Bertz CT molecular complexity index is 527. The van der Waals surface area contributed by atoms with Gasteiger partial charge >= 0.3 is 0 Å². The van der Waals surface area contributed by atoms with Crippen LogP contribution in [0.2, 0.25) is 0 Å². The quantitative estimate of drug-likeness (QED) is 0.683. The molecular formula is C13H22N2O3S. The standard InChI is InChI=1S/C13H22N2O3S/c1-4-10-5-6-11(14)7-13(10)19(17,18)15-8-12(16)9(2)3/h5-7,9,12,15-16H,4,8,14H2,1-3H3. The van der Waals surface area contributed by atoms with Crippen molar-refractivity contribution in [1.29, 1.82) is 0 Å². The summed E-state index contributed by atoms with van der Waals surface area (Å²) in [7, 11) is -3.64. The first-order chi connectivity index (χ1) is 8.77. The van der Waals surface area contributed by atoms with E-state index < -0.39 is 16.1 Å². The molecule has 4 N–H and O–H groups in total. The number of aliphatic hydroxyl groups excluding tert-OH is 1. The Labute approximate surface area is 114 Å². The molecule has 0 heterocycles. The number of benzene rings is 1. The molecule has 5 nitrogen and oxygen atoms in total. The molecule has 0 saturated carbocycles. The van der Waals surface area contributed by atoms with Crippen molar-refractivity contribution in [2.45, 2.75) is 38.2 Å². The lowest BCUT2D eigenvalue weighted by molar-refractivity contribution is 0.129. The van der Waals surface area contributed by atoms with Crippen LogP contribution in [-0.2, 0) is 16.4 Å². The topological polar surface area (TPSA) is 92.4 Å². The third-order valence-corrected chi connectivity index (χ3v) is 4.52. The molecule has 6 heteroatoms. The Morgan fingerprint density at radius 3 is 2.53 bits per heavy atom. The van der Waals surface area contributed by atoms with Gasteiger partial charge in [0.25, 0.3) is 0 Å². The van der Waals surface area contributed by atoms with Gasteiger partial charge < -0.3 is 10.8 Å². The highest BCUT2D eigenvalue weighted by Crippen LogP contribution is 2.19. The highest BCUT2D eigenvalue weighted by molar-refractivity contribution is 7.89. The number of aryl methyl sites for hydroxylation is 1. The van der Waals surface area contributed by atoms with Gasteiger partial charge in [0.05, 0.1) is 11.0 Å². The van der Waals surface area contributed by atoms with E-state index >= 15 is 0 Å². The highest BCUT2D eigenvalue weighted by Gasteiger charge is 2.20. The van der Waals surface area contributed by atoms with Crippen LogP contribution >= 0.6 is 0 Å². The number of aliphatic hydroxyl groups is 1. The normalized spacial score (nSPS) is 13.7. The monoisotopic (exact) mass is 286 g/mol. The molecule has 1 rings (SSSR count). The fourth-order valence-corrected chi connectivity index (χ4v) is 3.02. The molecule has 1 unspecified atom stereocenters. The van der Waals surface area contributed by atoms with Crippen LogP contribution in [-0.4, -0.2) is 26.2 Å². The lowest BCUT2D eigenvalue weighted by atomic mass is 10.1. The van der Waals surface area contributed by atoms with Crippen molar-refractivity contribution in [2.75, 3.05) is 12.3 Å². The number of hydrogen-bond acceptors (Lipinski definition) is 4. The van der Waals surface area contributed by atoms with Gasteiger partial charge in [0.1, 0.15) is 0 Å². The van der Waals surface area contributed by atoms with E-state index in [1.165, 1.54) is 6.07 Å². The van der Waals surface area contributed by atoms with Crippen LogP contribution in [0.3, 0.4) is 0 Å². The second-order valence-corrected chi connectivity index (χ2v) is 6.62. The Morgan fingerprint density at radius 2 is 2.00 bits per heavy atom. The molecule has 0 radical (unpaired) electrons. The molecule has 0 aliphatic rings. The Kier molecular flexibility index (Phi) is 5.34. The van der Waals surface area contributed by atoms with E-state index in [9.17, 15) is 13.5 Å². The van der Waals surface area contributed by atoms with E-state index in [0.717, 1.165) is 0 Å². The zero-order valence-electron chi connectivity index (χ0n) is 11.6. The van der Waals surface area contributed by atoms with E-state index in [1.807, 2.05) is 20.8 Å². The third-order valence-electron chi connectivity index (χ3n) is 3.01. The number of sulfonamides is 1. The molecule has 108 valence electrons. The van der Waals surface area contributed by atoms with E-state index in [1.54, 1.807) is 12.1 Å². The molecule has 0 amide bonds. The Hall–Kier alpha value is -1.11. The summed E-state index contributed by atoms with van der Waals surface area (Å²) in [5.41, 5.74) is 6.76. The van der Waals surface area contributed by atoms with Crippen molar-refractivity contribution in [3.05, 3.63) is 23.8 Å². The van der Waals surface area contributed by atoms with E-state index in [0.29, 0.717) is 17.7 Å². The first-order valence-electron chi connectivity index (χ1n) is 6.34. The Balaban J connectivity index is 2.97. The molecule has 1 aromatic carbocycles. The van der Waals surface area contributed by atoms with Crippen molar-refractivity contribution >= 4 is 15.7 Å². The van der Waals surface area contributed by atoms with Crippen molar-refractivity contribution in [3.8, 4) is 0 Å². The van der Waals surface area contributed by atoms with Crippen molar-refractivity contribution in [3.63, 3.8) is 0 Å². The number of anilines is 1. The summed E-state index contributed by atoms with van der Waals surface area (Å²) in [6.45, 7) is 5.54. The van der Waals surface area contributed by atoms with Crippen molar-refractivity contribution in [1.82, 2.24) is 4.72 Å². The number of nitrogen functional groups attached to an aromatic ring is 1. The maximum absolute atomic E-state index is 12.2. The molecule has 0 saturated heterocycles. The Morgan fingerprint density at radius 1 is 1.37 bits per heavy atom. The first-order valence-corrected chi connectivity index (χ1v) is 7.82. The SMILES string of the molecule is CCc1ccc(N)cc1S(=O)(=O)NCC(O)C(C)C. The van der Waals surface area contributed by atoms with Crippen LogP contribution in [0, 0.1) is 5.92 Å². The second-order valence-electron chi connectivity index (χ2n) is 4.88. The van der Waals surface area contributed by atoms with Crippen molar-refractivity contribution < 1.29 is 13.5 Å². The third kappa shape index (κ3) is 4.19. The van der Waals surface area contributed by atoms with Gasteiger partial charge in [0.2, 0.25) is 10.0 Å². The van der Waals surface area contributed by atoms with Gasteiger partial charge in [-0.2, -0.15) is 0 Å².